The lowest BCUT2D eigenvalue weighted by Gasteiger charge is -2.31. The third kappa shape index (κ3) is 5.46. The van der Waals surface area contributed by atoms with Gasteiger partial charge in [0.2, 0.25) is 0 Å². The minimum Gasteiger partial charge on any atom is -0.310 e. The molecule has 10 rings (SSSR count). The van der Waals surface area contributed by atoms with E-state index in [1.54, 1.807) is 0 Å². The molecule has 0 saturated heterocycles. The van der Waals surface area contributed by atoms with E-state index in [-0.39, 0.29) is 5.41 Å². The maximum atomic E-state index is 2.50. The number of aryl methyl sites for hydroxylation is 4. The van der Waals surface area contributed by atoms with Crippen LogP contribution in [0.2, 0.25) is 0 Å². The van der Waals surface area contributed by atoms with Crippen LogP contribution in [0, 0.1) is 27.7 Å². The Bertz CT molecular complexity index is 3030. The Morgan fingerprint density at radius 1 is 0.351 bits per heavy atom. The predicted octanol–water partition coefficient (Wildman–Crippen LogP) is 15.6. The first-order valence-electron chi connectivity index (χ1n) is 20.1. The van der Waals surface area contributed by atoms with Crippen LogP contribution in [0.1, 0.15) is 47.2 Å². The summed E-state index contributed by atoms with van der Waals surface area (Å²) < 4.78 is 0. The summed E-state index contributed by atoms with van der Waals surface area (Å²) in [6.07, 6.45) is 0. The molecule has 0 N–H and O–H groups in total. The van der Waals surface area contributed by atoms with Gasteiger partial charge in [-0.1, -0.05) is 129 Å². The summed E-state index contributed by atoms with van der Waals surface area (Å²) in [6, 6.07) is 63.1. The van der Waals surface area contributed by atoms with E-state index >= 15 is 0 Å². The summed E-state index contributed by atoms with van der Waals surface area (Å²) in [4.78, 5) is 4.91. The van der Waals surface area contributed by atoms with Gasteiger partial charge in [0.1, 0.15) is 0 Å². The van der Waals surface area contributed by atoms with E-state index < -0.39 is 0 Å². The maximum absolute atomic E-state index is 2.50. The van der Waals surface area contributed by atoms with Gasteiger partial charge in [0.25, 0.3) is 0 Å². The van der Waals surface area contributed by atoms with Crippen molar-refractivity contribution in [3.05, 3.63) is 203 Å². The zero-order chi connectivity index (χ0) is 39.0. The number of benzene rings is 9. The fourth-order valence-corrected chi connectivity index (χ4v) is 9.69. The normalized spacial score (nSPS) is 12.9. The molecule has 2 heteroatoms. The largest absolute Gasteiger partial charge is 0.310 e. The Kier molecular flexibility index (Phi) is 8.09. The smallest absolute Gasteiger partial charge is 0.0546 e. The van der Waals surface area contributed by atoms with E-state index in [2.05, 4.69) is 221 Å². The van der Waals surface area contributed by atoms with Gasteiger partial charge in [-0.25, -0.2) is 0 Å². The van der Waals surface area contributed by atoms with Crippen molar-refractivity contribution in [2.24, 2.45) is 0 Å². The summed E-state index contributed by atoms with van der Waals surface area (Å²) in [5, 5.41) is 7.71. The van der Waals surface area contributed by atoms with Gasteiger partial charge < -0.3 is 9.80 Å². The molecule has 0 amide bonds. The van der Waals surface area contributed by atoms with Crippen molar-refractivity contribution in [1.29, 1.82) is 0 Å². The van der Waals surface area contributed by atoms with E-state index in [9.17, 15) is 0 Å². The Balaban J connectivity index is 1.28. The number of para-hydroxylation sites is 2. The summed E-state index contributed by atoms with van der Waals surface area (Å²) >= 11 is 0. The topological polar surface area (TPSA) is 6.48 Å². The van der Waals surface area contributed by atoms with Crippen molar-refractivity contribution in [3.8, 4) is 11.1 Å². The molecule has 0 radical (unpaired) electrons. The molecule has 0 saturated carbocycles. The zero-order valence-electron chi connectivity index (χ0n) is 33.6. The van der Waals surface area contributed by atoms with E-state index in [1.165, 1.54) is 93.9 Å². The Morgan fingerprint density at radius 2 is 0.860 bits per heavy atom. The minimum absolute atomic E-state index is 0.268. The van der Waals surface area contributed by atoms with Crippen molar-refractivity contribution >= 4 is 66.4 Å². The lowest BCUT2D eigenvalue weighted by molar-refractivity contribution is 0.672. The van der Waals surface area contributed by atoms with E-state index in [1.807, 2.05) is 0 Å². The first kappa shape index (κ1) is 34.8. The third-order valence-corrected chi connectivity index (χ3v) is 12.3. The summed E-state index contributed by atoms with van der Waals surface area (Å²) in [5.41, 5.74) is 17.2. The van der Waals surface area contributed by atoms with Crippen molar-refractivity contribution in [2.45, 2.75) is 47.0 Å². The van der Waals surface area contributed by atoms with E-state index in [4.69, 9.17) is 0 Å². The molecule has 1 aliphatic rings. The molecular formula is C55H46N2. The van der Waals surface area contributed by atoms with Gasteiger partial charge >= 0.3 is 0 Å². The van der Waals surface area contributed by atoms with Crippen molar-refractivity contribution in [3.63, 3.8) is 0 Å². The molecule has 0 aromatic heterocycles. The second kappa shape index (κ2) is 13.2. The number of rotatable bonds is 6. The molecular weight excluding hydrogens is 689 g/mol. The monoisotopic (exact) mass is 734 g/mol. The van der Waals surface area contributed by atoms with Gasteiger partial charge in [-0.15, -0.1) is 0 Å². The molecule has 0 bridgehead atoms. The van der Waals surface area contributed by atoms with Gasteiger partial charge in [0, 0.05) is 39.2 Å². The highest BCUT2D eigenvalue weighted by molar-refractivity contribution is 6.21. The molecule has 1 aliphatic carbocycles. The molecule has 2 nitrogen and oxygen atoms in total. The average molecular weight is 735 g/mol. The van der Waals surface area contributed by atoms with Crippen LogP contribution >= 0.6 is 0 Å². The van der Waals surface area contributed by atoms with Gasteiger partial charge in [0.15, 0.2) is 0 Å². The minimum atomic E-state index is -0.268. The summed E-state index contributed by atoms with van der Waals surface area (Å²) in [6.45, 7) is 13.7. The van der Waals surface area contributed by atoms with Gasteiger partial charge in [0.05, 0.1) is 5.69 Å². The SMILES string of the molecule is Cc1ccc(C)c(N(c2ccccc2)c2ccc3c4c(c5ccccc5c3c2)-c2cc(N(c3ccccc3)c3cc(C)ccc3C)c3ccccc3c2C4(C)C)c1. The number of nitrogens with zero attached hydrogens (tertiary/aromatic N) is 2. The van der Waals surface area contributed by atoms with Crippen LogP contribution in [0.25, 0.3) is 43.4 Å². The second-order valence-electron chi connectivity index (χ2n) is 16.4. The number of hydrogen-bond donors (Lipinski definition) is 0. The van der Waals surface area contributed by atoms with Crippen molar-refractivity contribution in [2.75, 3.05) is 9.80 Å². The summed E-state index contributed by atoms with van der Waals surface area (Å²) in [5.74, 6) is 0. The molecule has 0 spiro atoms. The summed E-state index contributed by atoms with van der Waals surface area (Å²) in [7, 11) is 0. The number of fused-ring (bicyclic) bond motifs is 10. The van der Waals surface area contributed by atoms with Crippen LogP contribution in [-0.4, -0.2) is 0 Å². The Morgan fingerprint density at radius 3 is 1.49 bits per heavy atom. The van der Waals surface area contributed by atoms with Gasteiger partial charge in [-0.2, -0.15) is 0 Å². The first-order chi connectivity index (χ1) is 27.7. The second-order valence-corrected chi connectivity index (χ2v) is 16.4. The molecule has 9 aromatic rings. The first-order valence-corrected chi connectivity index (χ1v) is 20.1. The molecule has 9 aromatic carbocycles. The Labute approximate surface area is 336 Å². The number of hydrogen-bond acceptors (Lipinski definition) is 2. The average Bonchev–Trinajstić information content (AvgIpc) is 3.48. The van der Waals surface area contributed by atoms with Gasteiger partial charge in [-0.05, 0) is 154 Å². The van der Waals surface area contributed by atoms with Crippen molar-refractivity contribution < 1.29 is 0 Å². The number of anilines is 6. The zero-order valence-corrected chi connectivity index (χ0v) is 33.6. The van der Waals surface area contributed by atoms with Crippen LogP contribution in [0.5, 0.6) is 0 Å². The molecule has 0 unspecified atom stereocenters. The third-order valence-electron chi connectivity index (χ3n) is 12.3. The quantitative estimate of drug-likeness (QED) is 0.157. The molecule has 57 heavy (non-hydrogen) atoms. The van der Waals surface area contributed by atoms with Crippen molar-refractivity contribution in [1.82, 2.24) is 0 Å². The van der Waals surface area contributed by atoms with E-state index in [0.29, 0.717) is 0 Å². The predicted molar refractivity (Wildman–Crippen MR) is 245 cm³/mol. The van der Waals surface area contributed by atoms with Crippen LogP contribution in [0.15, 0.2) is 170 Å². The fourth-order valence-electron chi connectivity index (χ4n) is 9.69. The molecule has 0 heterocycles. The lowest BCUT2D eigenvalue weighted by Crippen LogP contribution is -2.17. The van der Waals surface area contributed by atoms with Gasteiger partial charge in [-0.3, -0.25) is 0 Å². The lowest BCUT2D eigenvalue weighted by atomic mass is 9.77. The van der Waals surface area contributed by atoms with E-state index in [0.717, 1.165) is 17.1 Å². The molecule has 0 atom stereocenters. The standard InChI is InChI=1S/C55H46N2/c1-35-25-27-37(3)49(31-35)56(39-17-9-7-10-18-39)41-29-30-46-47(33-41)42-21-13-15-23-44(42)52-48-34-51(43-22-14-16-24-45(43)53(48)55(5,6)54(46)52)57(40-19-11-8-12-20-40)50-32-36(2)26-28-38(50)4/h7-34H,1-6H3. The molecule has 0 aliphatic heterocycles. The molecule has 0 fully saturated rings. The molecule has 276 valence electrons. The highest BCUT2D eigenvalue weighted by Gasteiger charge is 2.41. The van der Waals surface area contributed by atoms with Crippen LogP contribution < -0.4 is 9.80 Å². The highest BCUT2D eigenvalue weighted by atomic mass is 15.2. The fraction of sp³-hybridized carbons (Fsp3) is 0.127. The maximum Gasteiger partial charge on any atom is 0.0546 e. The highest BCUT2D eigenvalue weighted by Crippen LogP contribution is 2.59. The van der Waals surface area contributed by atoms with Crippen LogP contribution in [-0.2, 0) is 5.41 Å². The Hall–Kier alpha value is -6.64. The van der Waals surface area contributed by atoms with Crippen LogP contribution in [0.4, 0.5) is 34.1 Å². The van der Waals surface area contributed by atoms with Crippen LogP contribution in [0.3, 0.4) is 0 Å².